The Labute approximate surface area is 196 Å². The highest BCUT2D eigenvalue weighted by atomic mass is 16.5. The summed E-state index contributed by atoms with van der Waals surface area (Å²) in [5, 5.41) is 14.0. The van der Waals surface area contributed by atoms with Crippen LogP contribution < -0.4 is 10.8 Å². The van der Waals surface area contributed by atoms with Crippen LogP contribution in [0.25, 0.3) is 0 Å². The van der Waals surface area contributed by atoms with E-state index in [0.29, 0.717) is 13.3 Å². The van der Waals surface area contributed by atoms with Crippen molar-refractivity contribution in [1.82, 2.24) is 5.32 Å². The van der Waals surface area contributed by atoms with Crippen molar-refractivity contribution in [3.05, 3.63) is 102 Å². The molecular weight excluding hydrogens is 409 g/mol. The molecular formula is C27H30BN3O2. The molecule has 0 saturated carbocycles. The van der Waals surface area contributed by atoms with Gasteiger partial charge < -0.3 is 15.1 Å². The molecule has 0 aliphatic carbocycles. The molecule has 3 aromatic carbocycles. The first-order valence-corrected chi connectivity index (χ1v) is 11.2. The molecule has 0 amide bonds. The number of hydrogen-bond acceptors (Lipinski definition) is 5. The molecule has 1 aliphatic rings. The first-order valence-electron chi connectivity index (χ1n) is 11.2. The predicted molar refractivity (Wildman–Crippen MR) is 137 cm³/mol. The van der Waals surface area contributed by atoms with Gasteiger partial charge in [0.2, 0.25) is 0 Å². The summed E-state index contributed by atoms with van der Waals surface area (Å²) in [6, 6.07) is 28.2. The van der Waals surface area contributed by atoms with E-state index < -0.39 is 11.2 Å². The maximum absolute atomic E-state index is 10.5. The number of benzene rings is 3. The maximum atomic E-state index is 10.5. The second-order valence-corrected chi connectivity index (χ2v) is 9.25. The van der Waals surface area contributed by atoms with E-state index >= 15 is 0 Å². The molecule has 1 aliphatic heterocycles. The summed E-state index contributed by atoms with van der Waals surface area (Å²) in [4.78, 5) is 9.80. The van der Waals surface area contributed by atoms with E-state index in [1.165, 1.54) is 0 Å². The Bertz CT molecular complexity index is 1150. The van der Waals surface area contributed by atoms with Gasteiger partial charge in [-0.15, -0.1) is 0 Å². The molecule has 1 heterocycles. The Morgan fingerprint density at radius 3 is 2.12 bits per heavy atom. The first kappa shape index (κ1) is 23.0. The third-order valence-corrected chi connectivity index (χ3v) is 6.22. The first-order chi connectivity index (χ1) is 15.7. The Balaban J connectivity index is 1.71. The number of amidine groups is 2. The van der Waals surface area contributed by atoms with Crippen LogP contribution in [0.4, 0.5) is 0 Å². The standard InChI is InChI=1S/C27H30BN3O2/c1-26(2,32)27(3,4)33-28-22-18-12-11-17-21(22)25-30-23(19-13-7-5-8-14-19)29-24(31-25)20-15-9-6-10-16-20/h5-18,23,28,32H,1-4H3,(H,29,30,31). The molecule has 6 heteroatoms. The summed E-state index contributed by atoms with van der Waals surface area (Å²) in [5.41, 5.74) is 2.28. The molecule has 0 spiro atoms. The Kier molecular flexibility index (Phi) is 6.50. The zero-order valence-electron chi connectivity index (χ0n) is 19.6. The second-order valence-electron chi connectivity index (χ2n) is 9.25. The maximum Gasteiger partial charge on any atom is 0.310 e. The lowest BCUT2D eigenvalue weighted by Crippen LogP contribution is -2.49. The van der Waals surface area contributed by atoms with Crippen LogP contribution in [0.1, 0.15) is 50.6 Å². The lowest BCUT2D eigenvalue weighted by Gasteiger charge is -2.37. The van der Waals surface area contributed by atoms with Gasteiger partial charge in [0.1, 0.15) is 12.0 Å². The minimum absolute atomic E-state index is 0.254. The minimum Gasteiger partial charge on any atom is -0.427 e. The summed E-state index contributed by atoms with van der Waals surface area (Å²) < 4.78 is 6.17. The van der Waals surface area contributed by atoms with Crippen molar-refractivity contribution in [2.45, 2.75) is 45.1 Å². The van der Waals surface area contributed by atoms with E-state index in [1.807, 2.05) is 86.6 Å². The van der Waals surface area contributed by atoms with Crippen LogP contribution in [0.3, 0.4) is 0 Å². The summed E-state index contributed by atoms with van der Waals surface area (Å²) >= 11 is 0. The molecule has 4 rings (SSSR count). The summed E-state index contributed by atoms with van der Waals surface area (Å²) in [5.74, 6) is 1.43. The number of hydrogen-bond donors (Lipinski definition) is 2. The number of rotatable bonds is 7. The van der Waals surface area contributed by atoms with Crippen molar-refractivity contribution in [1.29, 1.82) is 0 Å². The fraction of sp³-hybridized carbons (Fsp3) is 0.259. The number of nitrogens with zero attached hydrogens (tertiary/aromatic N) is 2. The molecule has 1 unspecified atom stereocenters. The molecule has 0 radical (unpaired) electrons. The van der Waals surface area contributed by atoms with E-state index in [-0.39, 0.29) is 6.17 Å². The molecule has 0 fully saturated rings. The van der Waals surface area contributed by atoms with Gasteiger partial charge in [-0.25, -0.2) is 9.98 Å². The van der Waals surface area contributed by atoms with E-state index in [0.717, 1.165) is 28.0 Å². The average molecular weight is 439 g/mol. The van der Waals surface area contributed by atoms with Crippen LogP contribution in [0, 0.1) is 0 Å². The molecule has 2 N–H and O–H groups in total. The van der Waals surface area contributed by atoms with E-state index in [4.69, 9.17) is 14.6 Å². The van der Waals surface area contributed by atoms with Crippen molar-refractivity contribution in [3.8, 4) is 0 Å². The summed E-state index contributed by atoms with van der Waals surface area (Å²) in [6.45, 7) is 7.33. The van der Waals surface area contributed by atoms with Crippen LogP contribution in [0.5, 0.6) is 0 Å². The highest BCUT2D eigenvalue weighted by molar-refractivity contribution is 6.50. The molecule has 0 aromatic heterocycles. The zero-order chi connectivity index (χ0) is 23.5. The Hall–Kier alpha value is -3.22. The Morgan fingerprint density at radius 1 is 0.848 bits per heavy atom. The minimum atomic E-state index is -0.978. The fourth-order valence-electron chi connectivity index (χ4n) is 3.42. The molecule has 1 atom stereocenters. The van der Waals surface area contributed by atoms with E-state index in [1.54, 1.807) is 13.8 Å². The monoisotopic (exact) mass is 439 g/mol. The third-order valence-electron chi connectivity index (χ3n) is 6.22. The highest BCUT2D eigenvalue weighted by Crippen LogP contribution is 2.25. The Morgan fingerprint density at radius 2 is 1.45 bits per heavy atom. The van der Waals surface area contributed by atoms with Gasteiger partial charge in [0.05, 0.1) is 11.2 Å². The van der Waals surface area contributed by atoms with Crippen molar-refractivity contribution in [3.63, 3.8) is 0 Å². The van der Waals surface area contributed by atoms with E-state index in [9.17, 15) is 5.11 Å². The van der Waals surface area contributed by atoms with Gasteiger partial charge in [0, 0.05) is 11.1 Å². The van der Waals surface area contributed by atoms with Gasteiger partial charge in [-0.2, -0.15) is 0 Å². The third kappa shape index (κ3) is 5.24. The van der Waals surface area contributed by atoms with Crippen molar-refractivity contribution < 1.29 is 9.76 Å². The van der Waals surface area contributed by atoms with E-state index in [2.05, 4.69) is 17.4 Å². The lowest BCUT2D eigenvalue weighted by atomic mass is 9.80. The molecule has 0 saturated heterocycles. The fourth-order valence-corrected chi connectivity index (χ4v) is 3.42. The van der Waals surface area contributed by atoms with Crippen molar-refractivity contribution in [2.24, 2.45) is 9.98 Å². The van der Waals surface area contributed by atoms with Crippen molar-refractivity contribution in [2.75, 3.05) is 0 Å². The number of aliphatic imine (C=N–C) groups is 2. The molecule has 3 aromatic rings. The molecule has 0 bridgehead atoms. The smallest absolute Gasteiger partial charge is 0.310 e. The van der Waals surface area contributed by atoms with Gasteiger partial charge in [0.15, 0.2) is 5.84 Å². The van der Waals surface area contributed by atoms with Crippen LogP contribution in [0.15, 0.2) is 94.9 Å². The molecule has 33 heavy (non-hydrogen) atoms. The average Bonchev–Trinajstić information content (AvgIpc) is 2.83. The van der Waals surface area contributed by atoms with Crippen LogP contribution in [0.2, 0.25) is 0 Å². The summed E-state index contributed by atoms with van der Waals surface area (Å²) in [6.07, 6.45) is -0.254. The van der Waals surface area contributed by atoms with Crippen LogP contribution >= 0.6 is 0 Å². The largest absolute Gasteiger partial charge is 0.427 e. The highest BCUT2D eigenvalue weighted by Gasteiger charge is 2.36. The predicted octanol–water partition coefficient (Wildman–Crippen LogP) is 3.72. The number of aliphatic hydroxyl groups is 1. The number of nitrogens with one attached hydrogen (secondary N) is 1. The van der Waals surface area contributed by atoms with Gasteiger partial charge in [-0.1, -0.05) is 84.9 Å². The van der Waals surface area contributed by atoms with Crippen LogP contribution in [-0.4, -0.2) is 35.5 Å². The second kappa shape index (κ2) is 9.34. The van der Waals surface area contributed by atoms with Gasteiger partial charge in [0.25, 0.3) is 0 Å². The summed E-state index contributed by atoms with van der Waals surface area (Å²) in [7, 11) is 0.349. The SMILES string of the molecule is CC(C)(O)C(C)(C)OBc1ccccc1C1=NC(c2ccccc2)=NC(c2ccccc2)N1. The quantitative estimate of drug-likeness (QED) is 0.552. The van der Waals surface area contributed by atoms with Gasteiger partial charge >= 0.3 is 7.48 Å². The normalized spacial score (nSPS) is 16.5. The van der Waals surface area contributed by atoms with Crippen molar-refractivity contribution >= 4 is 24.6 Å². The van der Waals surface area contributed by atoms with Gasteiger partial charge in [-0.05, 0) is 38.7 Å². The van der Waals surface area contributed by atoms with Gasteiger partial charge in [-0.3, -0.25) is 0 Å². The molecule has 168 valence electrons. The van der Waals surface area contributed by atoms with Crippen LogP contribution in [-0.2, 0) is 4.65 Å². The lowest BCUT2D eigenvalue weighted by molar-refractivity contribution is -0.0893. The zero-order valence-corrected chi connectivity index (χ0v) is 19.6. The topological polar surface area (TPSA) is 66.2 Å². The molecule has 5 nitrogen and oxygen atoms in total.